The highest BCUT2D eigenvalue weighted by atomic mass is 32.1. The van der Waals surface area contributed by atoms with Gasteiger partial charge in [-0.1, -0.05) is 24.4 Å². The van der Waals surface area contributed by atoms with Crippen molar-refractivity contribution in [3.63, 3.8) is 0 Å². The molecule has 0 unspecified atom stereocenters. The number of hydrogen-bond acceptors (Lipinski definition) is 5. The van der Waals surface area contributed by atoms with Gasteiger partial charge in [0, 0.05) is 22.4 Å². The van der Waals surface area contributed by atoms with Crippen LogP contribution in [0.4, 0.5) is 0 Å². The first-order valence-electron chi connectivity index (χ1n) is 8.43. The van der Waals surface area contributed by atoms with Crippen molar-refractivity contribution in [3.8, 4) is 5.75 Å². The molecule has 2 atom stereocenters. The molecule has 0 saturated carbocycles. The van der Waals surface area contributed by atoms with E-state index in [1.54, 1.807) is 44.2 Å². The minimum absolute atomic E-state index is 0.0986. The number of carbonyl (C=O) groups is 2. The predicted octanol–water partition coefficient (Wildman–Crippen LogP) is 2.83. The maximum absolute atomic E-state index is 12.7. The molecule has 1 aliphatic heterocycles. The molecule has 0 spiro atoms. The fourth-order valence-corrected chi connectivity index (χ4v) is 3.40. The van der Waals surface area contributed by atoms with Crippen LogP contribution in [-0.2, 0) is 4.79 Å². The Morgan fingerprint density at radius 2 is 2.08 bits per heavy atom. The van der Waals surface area contributed by atoms with Gasteiger partial charge in [-0.25, -0.2) is 0 Å². The fourth-order valence-electron chi connectivity index (χ4n) is 3.14. The molecule has 1 aromatic carbocycles. The Kier molecular flexibility index (Phi) is 4.82. The van der Waals surface area contributed by atoms with E-state index in [4.69, 9.17) is 17.0 Å². The lowest BCUT2D eigenvalue weighted by molar-refractivity contribution is -0.121. The minimum Gasteiger partial charge on any atom is -0.485 e. The zero-order valence-electron chi connectivity index (χ0n) is 14.9. The summed E-state index contributed by atoms with van der Waals surface area (Å²) in [5.41, 5.74) is 0.595. The van der Waals surface area contributed by atoms with Gasteiger partial charge in [0.2, 0.25) is 0 Å². The van der Waals surface area contributed by atoms with E-state index in [2.05, 4.69) is 5.32 Å². The van der Waals surface area contributed by atoms with Crippen molar-refractivity contribution in [2.24, 2.45) is 0 Å². The number of thiocarbonyl (C=S) groups is 1. The predicted molar refractivity (Wildman–Crippen MR) is 102 cm³/mol. The van der Waals surface area contributed by atoms with Crippen molar-refractivity contribution in [1.82, 2.24) is 5.32 Å². The number of carbonyl (C=O) groups excluding carboxylic acids is 2. The van der Waals surface area contributed by atoms with E-state index in [9.17, 15) is 14.7 Å². The number of fused-ring (bicyclic) bond motifs is 1. The maximum Gasteiger partial charge on any atom is 0.252 e. The Morgan fingerprint density at radius 1 is 1.35 bits per heavy atom. The first kappa shape index (κ1) is 18.5. The van der Waals surface area contributed by atoms with Crippen LogP contribution >= 0.6 is 12.2 Å². The summed E-state index contributed by atoms with van der Waals surface area (Å²) in [5.74, 6) is 0.0921. The molecule has 5 nitrogen and oxygen atoms in total. The first-order chi connectivity index (χ1) is 12.2. The third-order valence-electron chi connectivity index (χ3n) is 4.69. The summed E-state index contributed by atoms with van der Waals surface area (Å²) in [6.45, 7) is 4.98. The van der Waals surface area contributed by atoms with Crippen molar-refractivity contribution >= 4 is 28.8 Å². The van der Waals surface area contributed by atoms with Crippen molar-refractivity contribution < 1.29 is 19.4 Å². The van der Waals surface area contributed by atoms with Crippen LogP contribution in [0.25, 0.3) is 0 Å². The number of ketones is 1. The normalized spacial score (nSPS) is 23.5. The molecule has 1 aromatic rings. The lowest BCUT2D eigenvalue weighted by atomic mass is 9.85. The summed E-state index contributed by atoms with van der Waals surface area (Å²) in [7, 11) is 0. The second kappa shape index (κ2) is 6.78. The number of amides is 1. The molecule has 26 heavy (non-hydrogen) atoms. The van der Waals surface area contributed by atoms with E-state index in [0.717, 1.165) is 0 Å². The van der Waals surface area contributed by atoms with E-state index in [1.807, 2.05) is 6.08 Å². The Morgan fingerprint density at radius 3 is 2.73 bits per heavy atom. The monoisotopic (exact) mass is 371 g/mol. The van der Waals surface area contributed by atoms with Crippen LogP contribution in [-0.4, -0.2) is 33.4 Å². The molecule has 6 heteroatoms. The Hall–Kier alpha value is -2.31. The van der Waals surface area contributed by atoms with E-state index in [0.29, 0.717) is 33.7 Å². The summed E-state index contributed by atoms with van der Waals surface area (Å²) in [4.78, 5) is 25.0. The van der Waals surface area contributed by atoms with Crippen LogP contribution in [0.2, 0.25) is 0 Å². The Labute approximate surface area is 157 Å². The van der Waals surface area contributed by atoms with Crippen LogP contribution in [0.1, 0.15) is 49.2 Å². The number of hydrogen-bond donors (Lipinski definition) is 2. The smallest absolute Gasteiger partial charge is 0.252 e. The maximum atomic E-state index is 12.7. The molecular weight excluding hydrogens is 350 g/mol. The van der Waals surface area contributed by atoms with E-state index in [1.165, 1.54) is 6.92 Å². The van der Waals surface area contributed by atoms with E-state index >= 15 is 0 Å². The van der Waals surface area contributed by atoms with Gasteiger partial charge < -0.3 is 15.2 Å². The number of allylic oxidation sites excluding steroid dienone is 3. The SMILES string of the molecule is CC(=O)c1ccc2c(c1)[C@H](NC(=O)C1=CC=CCC1=S)[C@@H](O)C(C)(C)O2. The Balaban J connectivity index is 1.99. The highest BCUT2D eigenvalue weighted by Crippen LogP contribution is 2.40. The molecule has 3 rings (SSSR count). The molecular formula is C20H21NO4S. The zero-order chi connectivity index (χ0) is 19.1. The van der Waals surface area contributed by atoms with Gasteiger partial charge in [0.05, 0.1) is 11.6 Å². The van der Waals surface area contributed by atoms with Gasteiger partial charge in [0.25, 0.3) is 5.91 Å². The zero-order valence-corrected chi connectivity index (χ0v) is 15.7. The van der Waals surface area contributed by atoms with Crippen molar-refractivity contribution in [2.75, 3.05) is 0 Å². The fraction of sp³-hybridized carbons (Fsp3) is 0.350. The average molecular weight is 371 g/mol. The van der Waals surface area contributed by atoms with Gasteiger partial charge in [0.1, 0.15) is 17.5 Å². The quantitative estimate of drug-likeness (QED) is 0.631. The second-order valence-corrected chi connectivity index (χ2v) is 7.54. The largest absolute Gasteiger partial charge is 0.485 e. The second-order valence-electron chi connectivity index (χ2n) is 7.05. The van der Waals surface area contributed by atoms with Crippen LogP contribution in [0.5, 0.6) is 5.75 Å². The van der Waals surface area contributed by atoms with Crippen molar-refractivity contribution in [2.45, 2.75) is 44.9 Å². The van der Waals surface area contributed by atoms with Gasteiger partial charge in [-0.3, -0.25) is 9.59 Å². The molecule has 0 fully saturated rings. The van der Waals surface area contributed by atoms with Gasteiger partial charge in [0.15, 0.2) is 5.78 Å². The summed E-state index contributed by atoms with van der Waals surface area (Å²) >= 11 is 5.27. The number of benzene rings is 1. The average Bonchev–Trinajstić information content (AvgIpc) is 2.58. The summed E-state index contributed by atoms with van der Waals surface area (Å²) in [6, 6.07) is 4.33. The standard InChI is InChI=1S/C20H21NO4S/c1-11(22)12-8-9-15-14(10-12)17(18(23)20(2,3)25-15)21-19(24)13-6-4-5-7-16(13)26/h4-6,8-10,17-18,23H,7H2,1-3H3,(H,21,24)/t17-,18+/m0/s1. The van der Waals surface area contributed by atoms with Gasteiger partial charge in [-0.05, 0) is 45.0 Å². The number of Topliss-reactive ketones (excluding diaryl/α,β-unsaturated/α-hetero) is 1. The number of nitrogens with one attached hydrogen (secondary N) is 1. The molecule has 0 saturated heterocycles. The van der Waals surface area contributed by atoms with Crippen LogP contribution in [0, 0.1) is 0 Å². The molecule has 1 aliphatic carbocycles. The van der Waals surface area contributed by atoms with Gasteiger partial charge in [-0.15, -0.1) is 0 Å². The Bertz CT molecular complexity index is 853. The summed E-state index contributed by atoms with van der Waals surface area (Å²) < 4.78 is 5.88. The van der Waals surface area contributed by atoms with Gasteiger partial charge in [-0.2, -0.15) is 0 Å². The summed E-state index contributed by atoms with van der Waals surface area (Å²) in [5, 5.41) is 13.7. The number of aliphatic hydroxyl groups excluding tert-OH is 1. The molecule has 136 valence electrons. The number of rotatable bonds is 3. The van der Waals surface area contributed by atoms with Gasteiger partial charge >= 0.3 is 0 Å². The van der Waals surface area contributed by atoms with E-state index < -0.39 is 17.7 Å². The third kappa shape index (κ3) is 3.34. The van der Waals surface area contributed by atoms with Crippen LogP contribution < -0.4 is 10.1 Å². The third-order valence-corrected chi connectivity index (χ3v) is 5.07. The van der Waals surface area contributed by atoms with Crippen molar-refractivity contribution in [3.05, 3.63) is 53.1 Å². The van der Waals surface area contributed by atoms with Crippen LogP contribution in [0.3, 0.4) is 0 Å². The molecule has 0 aromatic heterocycles. The van der Waals surface area contributed by atoms with Crippen molar-refractivity contribution in [1.29, 1.82) is 0 Å². The van der Waals surface area contributed by atoms with Crippen LogP contribution in [0.15, 0.2) is 42.0 Å². The molecule has 2 aliphatic rings. The highest BCUT2D eigenvalue weighted by Gasteiger charge is 2.44. The molecule has 1 amide bonds. The topological polar surface area (TPSA) is 75.6 Å². The highest BCUT2D eigenvalue weighted by molar-refractivity contribution is 7.81. The lowest BCUT2D eigenvalue weighted by Crippen LogP contribution is -2.53. The molecule has 0 bridgehead atoms. The van der Waals surface area contributed by atoms with E-state index in [-0.39, 0.29) is 11.7 Å². The molecule has 2 N–H and O–H groups in total. The number of aliphatic hydroxyl groups is 1. The lowest BCUT2D eigenvalue weighted by Gasteiger charge is -2.42. The first-order valence-corrected chi connectivity index (χ1v) is 8.84. The molecule has 1 heterocycles. The molecule has 0 radical (unpaired) electrons. The number of ether oxygens (including phenoxy) is 1. The summed E-state index contributed by atoms with van der Waals surface area (Å²) in [6.07, 6.45) is 4.90. The minimum atomic E-state index is -0.991.